The molecule has 3 N–H and O–H groups in total. The number of halogens is 1. The Kier molecular flexibility index (Phi) is 4.78. The van der Waals surface area contributed by atoms with Gasteiger partial charge in [0.2, 0.25) is 0 Å². The summed E-state index contributed by atoms with van der Waals surface area (Å²) in [5.74, 6) is 0.399. The van der Waals surface area contributed by atoms with Gasteiger partial charge in [-0.2, -0.15) is 0 Å². The van der Waals surface area contributed by atoms with E-state index in [9.17, 15) is 4.79 Å². The molecular weight excluding hydrogens is 240 g/mol. The van der Waals surface area contributed by atoms with E-state index in [0.717, 1.165) is 5.56 Å². The zero-order valence-corrected chi connectivity index (χ0v) is 10.9. The van der Waals surface area contributed by atoms with E-state index in [4.69, 9.17) is 22.1 Å². The van der Waals surface area contributed by atoms with E-state index < -0.39 is 6.10 Å². The number of hydrogen-bond acceptors (Lipinski definition) is 3. The third-order valence-electron chi connectivity index (χ3n) is 2.38. The van der Waals surface area contributed by atoms with Crippen molar-refractivity contribution in [3.05, 3.63) is 28.8 Å². The van der Waals surface area contributed by atoms with Crippen LogP contribution in [0.2, 0.25) is 5.02 Å². The van der Waals surface area contributed by atoms with Crippen LogP contribution < -0.4 is 15.8 Å². The van der Waals surface area contributed by atoms with Gasteiger partial charge in [0, 0.05) is 23.7 Å². The molecule has 0 saturated carbocycles. The molecule has 1 aromatic rings. The van der Waals surface area contributed by atoms with Crippen molar-refractivity contribution in [2.45, 2.75) is 26.0 Å². The predicted octanol–water partition coefficient (Wildman–Crippen LogP) is 1.87. The molecule has 1 amide bonds. The van der Waals surface area contributed by atoms with Crippen LogP contribution in [0, 0.1) is 0 Å². The summed E-state index contributed by atoms with van der Waals surface area (Å²) in [5, 5.41) is 3.12. The standard InChI is InChI=1S/C12H17ClN2O2/c1-7(14)10-6-9(13)4-5-11(10)17-8(2)12(16)15-3/h4-8H,14H2,1-3H3,(H,15,16)/t7-,8?/m1/s1. The molecular formula is C12H17ClN2O2. The molecule has 2 atom stereocenters. The van der Waals surface area contributed by atoms with Gasteiger partial charge in [-0.3, -0.25) is 4.79 Å². The van der Waals surface area contributed by atoms with Gasteiger partial charge in [0.25, 0.3) is 5.91 Å². The molecule has 0 aliphatic heterocycles. The lowest BCUT2D eigenvalue weighted by Crippen LogP contribution is -2.34. The molecule has 0 spiro atoms. The summed E-state index contributed by atoms with van der Waals surface area (Å²) in [6.07, 6.45) is -0.571. The van der Waals surface area contributed by atoms with Gasteiger partial charge in [0.1, 0.15) is 5.75 Å². The van der Waals surface area contributed by atoms with Crippen molar-refractivity contribution in [3.8, 4) is 5.75 Å². The molecule has 0 aromatic heterocycles. The minimum atomic E-state index is -0.571. The third kappa shape index (κ3) is 3.61. The van der Waals surface area contributed by atoms with E-state index in [0.29, 0.717) is 10.8 Å². The van der Waals surface area contributed by atoms with E-state index in [2.05, 4.69) is 5.32 Å². The maximum Gasteiger partial charge on any atom is 0.260 e. The highest BCUT2D eigenvalue weighted by Gasteiger charge is 2.16. The van der Waals surface area contributed by atoms with Crippen LogP contribution in [-0.2, 0) is 4.79 Å². The number of nitrogens with one attached hydrogen (secondary N) is 1. The van der Waals surface area contributed by atoms with Crippen LogP contribution in [0.3, 0.4) is 0 Å². The monoisotopic (exact) mass is 256 g/mol. The van der Waals surface area contributed by atoms with E-state index >= 15 is 0 Å². The maximum absolute atomic E-state index is 11.4. The lowest BCUT2D eigenvalue weighted by atomic mass is 10.1. The molecule has 0 fully saturated rings. The van der Waals surface area contributed by atoms with Crippen LogP contribution in [-0.4, -0.2) is 19.1 Å². The number of hydrogen-bond donors (Lipinski definition) is 2. The molecule has 0 aliphatic carbocycles. The van der Waals surface area contributed by atoms with Crippen molar-refractivity contribution in [2.24, 2.45) is 5.73 Å². The molecule has 5 heteroatoms. The van der Waals surface area contributed by atoms with Crippen LogP contribution in [0.15, 0.2) is 18.2 Å². The second kappa shape index (κ2) is 5.89. The largest absolute Gasteiger partial charge is 0.481 e. The molecule has 0 aliphatic rings. The summed E-state index contributed by atoms with van der Waals surface area (Å²) in [6.45, 7) is 3.52. The summed E-state index contributed by atoms with van der Waals surface area (Å²) < 4.78 is 5.56. The van der Waals surface area contributed by atoms with E-state index in [1.807, 2.05) is 6.92 Å². The minimum Gasteiger partial charge on any atom is -0.481 e. The molecule has 0 saturated heterocycles. The number of likely N-dealkylation sites (N-methyl/N-ethyl adjacent to an activating group) is 1. The topological polar surface area (TPSA) is 64.3 Å². The first-order chi connectivity index (χ1) is 7.95. The molecule has 17 heavy (non-hydrogen) atoms. The van der Waals surface area contributed by atoms with Gasteiger partial charge in [-0.25, -0.2) is 0 Å². The average Bonchev–Trinajstić information content (AvgIpc) is 2.29. The van der Waals surface area contributed by atoms with Gasteiger partial charge in [-0.1, -0.05) is 11.6 Å². The summed E-state index contributed by atoms with van der Waals surface area (Å²) >= 11 is 5.90. The van der Waals surface area contributed by atoms with Gasteiger partial charge >= 0.3 is 0 Å². The van der Waals surface area contributed by atoms with Crippen molar-refractivity contribution in [3.63, 3.8) is 0 Å². The van der Waals surface area contributed by atoms with E-state index in [-0.39, 0.29) is 11.9 Å². The first kappa shape index (κ1) is 13.8. The Morgan fingerprint density at radius 3 is 2.65 bits per heavy atom. The number of rotatable bonds is 4. The summed E-state index contributed by atoms with van der Waals surface area (Å²) in [5.41, 5.74) is 6.61. The van der Waals surface area contributed by atoms with Crippen molar-refractivity contribution in [1.29, 1.82) is 0 Å². The summed E-state index contributed by atoms with van der Waals surface area (Å²) in [6, 6.07) is 4.97. The third-order valence-corrected chi connectivity index (χ3v) is 2.62. The Bertz CT molecular complexity index is 407. The first-order valence-electron chi connectivity index (χ1n) is 5.39. The Labute approximate surface area is 106 Å². The summed E-state index contributed by atoms with van der Waals surface area (Å²) in [4.78, 5) is 11.4. The normalized spacial score (nSPS) is 13.9. The number of nitrogens with two attached hydrogens (primary N) is 1. The van der Waals surface area contributed by atoms with Gasteiger partial charge in [-0.15, -0.1) is 0 Å². The highest BCUT2D eigenvalue weighted by molar-refractivity contribution is 6.30. The Hall–Kier alpha value is -1.26. The fourth-order valence-electron chi connectivity index (χ4n) is 1.43. The van der Waals surface area contributed by atoms with E-state index in [1.165, 1.54) is 0 Å². The van der Waals surface area contributed by atoms with Crippen LogP contribution in [0.1, 0.15) is 25.5 Å². The maximum atomic E-state index is 11.4. The fraction of sp³-hybridized carbons (Fsp3) is 0.417. The smallest absolute Gasteiger partial charge is 0.260 e. The first-order valence-corrected chi connectivity index (χ1v) is 5.76. The number of amides is 1. The summed E-state index contributed by atoms with van der Waals surface area (Å²) in [7, 11) is 1.57. The zero-order chi connectivity index (χ0) is 13.0. The number of carbonyl (C=O) groups excluding carboxylic acids is 1. The molecule has 0 heterocycles. The van der Waals surface area contributed by atoms with Crippen molar-refractivity contribution in [1.82, 2.24) is 5.32 Å². The highest BCUT2D eigenvalue weighted by atomic mass is 35.5. The van der Waals surface area contributed by atoms with Crippen molar-refractivity contribution < 1.29 is 9.53 Å². The lowest BCUT2D eigenvalue weighted by molar-refractivity contribution is -0.126. The minimum absolute atomic E-state index is 0.185. The Balaban J connectivity index is 2.94. The van der Waals surface area contributed by atoms with Gasteiger partial charge in [0.15, 0.2) is 6.10 Å². The van der Waals surface area contributed by atoms with Crippen LogP contribution in [0.4, 0.5) is 0 Å². The van der Waals surface area contributed by atoms with Crippen molar-refractivity contribution >= 4 is 17.5 Å². The van der Waals surface area contributed by atoms with Crippen molar-refractivity contribution in [2.75, 3.05) is 7.05 Å². The average molecular weight is 257 g/mol. The van der Waals surface area contributed by atoms with Crippen LogP contribution in [0.25, 0.3) is 0 Å². The molecule has 1 aromatic carbocycles. The zero-order valence-electron chi connectivity index (χ0n) is 10.2. The van der Waals surface area contributed by atoms with Crippen LogP contribution >= 0.6 is 11.6 Å². The van der Waals surface area contributed by atoms with Gasteiger partial charge in [0.05, 0.1) is 0 Å². The Morgan fingerprint density at radius 1 is 1.47 bits per heavy atom. The molecule has 4 nitrogen and oxygen atoms in total. The SMILES string of the molecule is CNC(=O)C(C)Oc1ccc(Cl)cc1[C@@H](C)N. The second-order valence-corrected chi connectivity index (χ2v) is 4.28. The quantitative estimate of drug-likeness (QED) is 0.865. The number of carbonyl (C=O) groups is 1. The lowest BCUT2D eigenvalue weighted by Gasteiger charge is -2.18. The van der Waals surface area contributed by atoms with Gasteiger partial charge < -0.3 is 15.8 Å². The Morgan fingerprint density at radius 2 is 2.12 bits per heavy atom. The number of benzene rings is 1. The second-order valence-electron chi connectivity index (χ2n) is 3.85. The molecule has 1 unspecified atom stereocenters. The molecule has 1 rings (SSSR count). The molecule has 0 bridgehead atoms. The predicted molar refractivity (Wildman–Crippen MR) is 68.2 cm³/mol. The molecule has 0 radical (unpaired) electrons. The molecule has 94 valence electrons. The van der Waals surface area contributed by atoms with Gasteiger partial charge in [-0.05, 0) is 32.0 Å². The van der Waals surface area contributed by atoms with E-state index in [1.54, 1.807) is 32.2 Å². The fourth-order valence-corrected chi connectivity index (χ4v) is 1.61. The number of ether oxygens (including phenoxy) is 1. The van der Waals surface area contributed by atoms with Crippen LogP contribution in [0.5, 0.6) is 5.75 Å². The highest BCUT2D eigenvalue weighted by Crippen LogP contribution is 2.27.